The van der Waals surface area contributed by atoms with Gasteiger partial charge in [0.05, 0.1) is 23.4 Å². The Morgan fingerprint density at radius 1 is 1.15 bits per heavy atom. The number of hydrogen-bond donors (Lipinski definition) is 2. The number of rotatable bonds is 5. The van der Waals surface area contributed by atoms with E-state index in [1.165, 1.54) is 39.2 Å². The molecule has 2 N–H and O–H groups in total. The van der Waals surface area contributed by atoms with Crippen molar-refractivity contribution in [3.05, 3.63) is 40.7 Å². The predicted octanol–water partition coefficient (Wildman–Crippen LogP) is 4.71. The molecule has 2 aromatic rings. The maximum absolute atomic E-state index is 11.7. The second-order valence-corrected chi connectivity index (χ2v) is 6.88. The van der Waals surface area contributed by atoms with E-state index in [-0.39, 0.29) is 0 Å². The first-order valence-electron chi connectivity index (χ1n) is 8.82. The molecule has 0 unspecified atom stereocenters. The zero-order valence-electron chi connectivity index (χ0n) is 15.0. The Kier molecular flexibility index (Phi) is 5.93. The molecular weight excluding hydrogens is 352 g/mol. The lowest BCUT2D eigenvalue weighted by molar-refractivity contribution is 0.0601. The maximum atomic E-state index is 11.7. The van der Waals surface area contributed by atoms with Crippen LogP contribution in [-0.2, 0) is 4.74 Å². The standard InChI is InChI=1S/C19H23ClN4O2/c1-12-21-17(23-14-6-4-3-5-7-14)11-18(22-12)24-16-10-13(19(25)26-2)8-9-15(16)20/h8-11,14H,3-7H2,1-2H3,(H2,21,22,23,24). The van der Waals surface area contributed by atoms with Crippen molar-refractivity contribution in [1.82, 2.24) is 9.97 Å². The number of nitrogens with zero attached hydrogens (tertiary/aromatic N) is 2. The van der Waals surface area contributed by atoms with Gasteiger partial charge in [0.15, 0.2) is 0 Å². The molecule has 0 radical (unpaired) electrons. The van der Waals surface area contributed by atoms with E-state index < -0.39 is 5.97 Å². The third-order valence-corrected chi connectivity index (χ3v) is 4.77. The highest BCUT2D eigenvalue weighted by atomic mass is 35.5. The number of ether oxygens (including phenoxy) is 1. The highest BCUT2D eigenvalue weighted by Crippen LogP contribution is 2.28. The number of aromatic nitrogens is 2. The van der Waals surface area contributed by atoms with Gasteiger partial charge in [-0.15, -0.1) is 0 Å². The smallest absolute Gasteiger partial charge is 0.337 e. The Balaban J connectivity index is 1.80. The van der Waals surface area contributed by atoms with Gasteiger partial charge in [-0.25, -0.2) is 14.8 Å². The Morgan fingerprint density at radius 3 is 2.62 bits per heavy atom. The number of halogens is 1. The lowest BCUT2D eigenvalue weighted by atomic mass is 9.95. The van der Waals surface area contributed by atoms with Gasteiger partial charge < -0.3 is 15.4 Å². The van der Waals surface area contributed by atoms with Gasteiger partial charge in [-0.1, -0.05) is 30.9 Å². The number of esters is 1. The monoisotopic (exact) mass is 374 g/mol. The molecule has 6 nitrogen and oxygen atoms in total. The molecule has 1 aromatic heterocycles. The first-order chi connectivity index (χ1) is 12.5. The van der Waals surface area contributed by atoms with Crippen molar-refractivity contribution in [1.29, 1.82) is 0 Å². The molecule has 0 saturated heterocycles. The van der Waals surface area contributed by atoms with Crippen LogP contribution in [0.2, 0.25) is 5.02 Å². The molecule has 138 valence electrons. The molecular formula is C19H23ClN4O2. The molecule has 3 rings (SSSR count). The van der Waals surface area contributed by atoms with Crippen molar-refractivity contribution >= 4 is 34.9 Å². The molecule has 0 bridgehead atoms. The number of carbonyl (C=O) groups excluding carboxylic acids is 1. The maximum Gasteiger partial charge on any atom is 0.337 e. The number of methoxy groups -OCH3 is 1. The van der Waals surface area contributed by atoms with Crippen molar-refractivity contribution in [2.45, 2.75) is 45.1 Å². The number of aryl methyl sites for hydroxylation is 1. The topological polar surface area (TPSA) is 76.1 Å². The average molecular weight is 375 g/mol. The summed E-state index contributed by atoms with van der Waals surface area (Å²) in [4.78, 5) is 20.6. The van der Waals surface area contributed by atoms with Crippen LogP contribution in [0.4, 0.5) is 17.3 Å². The second kappa shape index (κ2) is 8.36. The first kappa shape index (κ1) is 18.5. The largest absolute Gasteiger partial charge is 0.465 e. The van der Waals surface area contributed by atoms with Gasteiger partial charge in [-0.05, 0) is 38.0 Å². The van der Waals surface area contributed by atoms with E-state index in [0.717, 1.165) is 5.82 Å². The van der Waals surface area contributed by atoms with Gasteiger partial charge in [0.25, 0.3) is 0 Å². The van der Waals surface area contributed by atoms with E-state index in [1.807, 2.05) is 13.0 Å². The van der Waals surface area contributed by atoms with Crippen LogP contribution < -0.4 is 10.6 Å². The minimum Gasteiger partial charge on any atom is -0.465 e. The molecule has 1 aliphatic rings. The Bertz CT molecular complexity index is 791. The number of carbonyl (C=O) groups is 1. The lowest BCUT2D eigenvalue weighted by Gasteiger charge is -2.23. The quantitative estimate of drug-likeness (QED) is 0.738. The second-order valence-electron chi connectivity index (χ2n) is 6.48. The molecule has 7 heteroatoms. The Morgan fingerprint density at radius 2 is 1.88 bits per heavy atom. The molecule has 1 aromatic carbocycles. The van der Waals surface area contributed by atoms with E-state index in [1.54, 1.807) is 18.2 Å². The lowest BCUT2D eigenvalue weighted by Crippen LogP contribution is -2.23. The fourth-order valence-corrected chi connectivity index (χ4v) is 3.33. The van der Waals surface area contributed by atoms with Gasteiger partial charge in [0.2, 0.25) is 0 Å². The fraction of sp³-hybridized carbons (Fsp3) is 0.421. The van der Waals surface area contributed by atoms with Gasteiger partial charge in [0, 0.05) is 12.1 Å². The van der Waals surface area contributed by atoms with Crippen molar-refractivity contribution in [2.75, 3.05) is 17.7 Å². The highest BCUT2D eigenvalue weighted by molar-refractivity contribution is 6.33. The fourth-order valence-electron chi connectivity index (χ4n) is 3.17. The molecule has 1 aliphatic carbocycles. The summed E-state index contributed by atoms with van der Waals surface area (Å²) in [6.45, 7) is 1.85. The van der Waals surface area contributed by atoms with Crippen LogP contribution in [0.1, 0.15) is 48.3 Å². The van der Waals surface area contributed by atoms with Crippen LogP contribution in [0.25, 0.3) is 0 Å². The zero-order chi connectivity index (χ0) is 18.5. The molecule has 1 saturated carbocycles. The third kappa shape index (κ3) is 4.64. The minimum atomic E-state index is -0.414. The summed E-state index contributed by atoms with van der Waals surface area (Å²) in [5.41, 5.74) is 1.02. The normalized spacial score (nSPS) is 14.7. The van der Waals surface area contributed by atoms with E-state index in [0.29, 0.717) is 34.0 Å². The van der Waals surface area contributed by atoms with E-state index in [4.69, 9.17) is 16.3 Å². The van der Waals surface area contributed by atoms with Crippen LogP contribution in [-0.4, -0.2) is 29.1 Å². The Labute approximate surface area is 158 Å². The van der Waals surface area contributed by atoms with Gasteiger partial charge in [0.1, 0.15) is 17.5 Å². The molecule has 0 atom stereocenters. The SMILES string of the molecule is COC(=O)c1ccc(Cl)c(Nc2cc(NC3CCCCC3)nc(C)n2)c1. The third-order valence-electron chi connectivity index (χ3n) is 4.45. The summed E-state index contributed by atoms with van der Waals surface area (Å²) < 4.78 is 4.76. The highest BCUT2D eigenvalue weighted by Gasteiger charge is 2.15. The number of nitrogens with one attached hydrogen (secondary N) is 2. The summed E-state index contributed by atoms with van der Waals surface area (Å²) in [6.07, 6.45) is 6.14. The van der Waals surface area contributed by atoms with Gasteiger partial charge >= 0.3 is 5.97 Å². The summed E-state index contributed by atoms with van der Waals surface area (Å²) in [5.74, 6) is 1.67. The van der Waals surface area contributed by atoms with Gasteiger partial charge in [-0.3, -0.25) is 0 Å². The Hall–Kier alpha value is -2.34. The van der Waals surface area contributed by atoms with Crippen molar-refractivity contribution in [2.24, 2.45) is 0 Å². The molecule has 0 amide bonds. The van der Waals surface area contributed by atoms with Crippen LogP contribution in [0, 0.1) is 6.92 Å². The molecule has 1 heterocycles. The zero-order valence-corrected chi connectivity index (χ0v) is 15.8. The molecule has 0 aliphatic heterocycles. The van der Waals surface area contributed by atoms with Crippen LogP contribution in [0.3, 0.4) is 0 Å². The van der Waals surface area contributed by atoms with E-state index in [9.17, 15) is 4.79 Å². The van der Waals surface area contributed by atoms with Crippen molar-refractivity contribution in [3.63, 3.8) is 0 Å². The first-order valence-corrected chi connectivity index (χ1v) is 9.20. The average Bonchev–Trinajstić information content (AvgIpc) is 2.63. The van der Waals surface area contributed by atoms with Crippen molar-refractivity contribution in [3.8, 4) is 0 Å². The summed E-state index contributed by atoms with van der Waals surface area (Å²) >= 11 is 6.26. The van der Waals surface area contributed by atoms with Crippen molar-refractivity contribution < 1.29 is 9.53 Å². The molecule has 1 fully saturated rings. The summed E-state index contributed by atoms with van der Waals surface area (Å²) in [6, 6.07) is 7.26. The number of anilines is 3. The number of hydrogen-bond acceptors (Lipinski definition) is 6. The minimum absolute atomic E-state index is 0.414. The number of benzene rings is 1. The van der Waals surface area contributed by atoms with Crippen LogP contribution >= 0.6 is 11.6 Å². The summed E-state index contributed by atoms with van der Waals surface area (Å²) in [7, 11) is 1.35. The van der Waals surface area contributed by atoms with Crippen LogP contribution in [0.15, 0.2) is 24.3 Å². The molecule has 26 heavy (non-hydrogen) atoms. The molecule has 0 spiro atoms. The van der Waals surface area contributed by atoms with E-state index >= 15 is 0 Å². The predicted molar refractivity (Wildman–Crippen MR) is 103 cm³/mol. The van der Waals surface area contributed by atoms with E-state index in [2.05, 4.69) is 20.6 Å². The van der Waals surface area contributed by atoms with Crippen LogP contribution in [0.5, 0.6) is 0 Å². The summed E-state index contributed by atoms with van der Waals surface area (Å²) in [5, 5.41) is 7.18. The van der Waals surface area contributed by atoms with Gasteiger partial charge in [-0.2, -0.15) is 0 Å².